The lowest BCUT2D eigenvalue weighted by Gasteiger charge is -2.52. The summed E-state index contributed by atoms with van der Waals surface area (Å²) in [6, 6.07) is 0.675. The van der Waals surface area contributed by atoms with E-state index in [0.717, 1.165) is 25.7 Å². The summed E-state index contributed by atoms with van der Waals surface area (Å²) >= 11 is 0. The highest BCUT2D eigenvalue weighted by molar-refractivity contribution is 5.05. The highest BCUT2D eigenvalue weighted by Gasteiger charge is 2.49. The van der Waals surface area contributed by atoms with Crippen molar-refractivity contribution >= 4 is 0 Å². The van der Waals surface area contributed by atoms with E-state index in [2.05, 4.69) is 16.8 Å². The number of hydrogen-bond acceptors (Lipinski definition) is 4. The first kappa shape index (κ1) is 12.9. The molecule has 3 atom stereocenters. The van der Waals surface area contributed by atoms with Crippen LogP contribution in [0, 0.1) is 5.92 Å². The summed E-state index contributed by atoms with van der Waals surface area (Å²) < 4.78 is 5.50. The molecule has 0 amide bonds. The fourth-order valence-corrected chi connectivity index (χ4v) is 4.34. The molecular weight excluding hydrogens is 226 g/mol. The SMILES string of the molecule is CN(C1CCOCC1)C1(CN)CCN2CCC1C2. The fraction of sp³-hybridized carbons (Fsp3) is 1.00. The molecule has 4 heteroatoms. The van der Waals surface area contributed by atoms with Gasteiger partial charge in [0.05, 0.1) is 0 Å². The minimum absolute atomic E-state index is 0.259. The lowest BCUT2D eigenvalue weighted by atomic mass is 9.76. The Labute approximate surface area is 110 Å². The van der Waals surface area contributed by atoms with Gasteiger partial charge in [-0.25, -0.2) is 0 Å². The first-order chi connectivity index (χ1) is 8.76. The molecule has 3 rings (SSSR count). The van der Waals surface area contributed by atoms with Gasteiger partial charge in [-0.1, -0.05) is 0 Å². The summed E-state index contributed by atoms with van der Waals surface area (Å²) in [4.78, 5) is 5.25. The molecule has 3 aliphatic rings. The quantitative estimate of drug-likeness (QED) is 0.796. The number of nitrogens with zero attached hydrogens (tertiary/aromatic N) is 2. The molecular formula is C14H27N3O. The molecule has 104 valence electrons. The number of rotatable bonds is 3. The molecule has 2 N–H and O–H groups in total. The Morgan fingerprint density at radius 3 is 2.78 bits per heavy atom. The first-order valence-electron chi connectivity index (χ1n) is 7.49. The van der Waals surface area contributed by atoms with E-state index in [4.69, 9.17) is 10.5 Å². The molecule has 3 heterocycles. The number of ether oxygens (including phenoxy) is 1. The Morgan fingerprint density at radius 1 is 1.28 bits per heavy atom. The van der Waals surface area contributed by atoms with Gasteiger partial charge in [0.25, 0.3) is 0 Å². The molecule has 0 aliphatic carbocycles. The topological polar surface area (TPSA) is 41.7 Å². The van der Waals surface area contributed by atoms with Crippen LogP contribution in [0.3, 0.4) is 0 Å². The molecule has 4 nitrogen and oxygen atoms in total. The van der Waals surface area contributed by atoms with Crippen LogP contribution in [0.2, 0.25) is 0 Å². The molecule has 0 aromatic rings. The number of hydrogen-bond donors (Lipinski definition) is 1. The third-order valence-corrected chi connectivity index (χ3v) is 5.69. The second-order valence-corrected chi connectivity index (χ2v) is 6.30. The van der Waals surface area contributed by atoms with Gasteiger partial charge in [0.15, 0.2) is 0 Å². The highest BCUT2D eigenvalue weighted by atomic mass is 16.5. The van der Waals surface area contributed by atoms with Gasteiger partial charge < -0.3 is 15.4 Å². The zero-order chi connectivity index (χ0) is 12.6. The Hall–Kier alpha value is -0.160. The van der Waals surface area contributed by atoms with E-state index in [-0.39, 0.29) is 5.54 Å². The van der Waals surface area contributed by atoms with Crippen LogP contribution in [0.15, 0.2) is 0 Å². The predicted molar refractivity (Wildman–Crippen MR) is 72.6 cm³/mol. The van der Waals surface area contributed by atoms with Crippen molar-refractivity contribution in [3.05, 3.63) is 0 Å². The van der Waals surface area contributed by atoms with Gasteiger partial charge in [0.2, 0.25) is 0 Å². The van der Waals surface area contributed by atoms with E-state index in [1.165, 1.54) is 45.3 Å². The van der Waals surface area contributed by atoms with Gasteiger partial charge in [-0.2, -0.15) is 0 Å². The Balaban J connectivity index is 1.77. The molecule has 18 heavy (non-hydrogen) atoms. The number of fused-ring (bicyclic) bond motifs is 2. The molecule has 0 saturated carbocycles. The van der Waals surface area contributed by atoms with Crippen molar-refractivity contribution in [2.75, 3.05) is 46.4 Å². The number of piperidine rings is 1. The Morgan fingerprint density at radius 2 is 2.06 bits per heavy atom. The van der Waals surface area contributed by atoms with Crippen LogP contribution in [-0.4, -0.2) is 67.8 Å². The molecule has 3 unspecified atom stereocenters. The van der Waals surface area contributed by atoms with Gasteiger partial charge >= 0.3 is 0 Å². The van der Waals surface area contributed by atoms with E-state index in [1.807, 2.05) is 0 Å². The Kier molecular flexibility index (Phi) is 3.63. The van der Waals surface area contributed by atoms with Crippen molar-refractivity contribution in [2.24, 2.45) is 11.7 Å². The molecule has 3 saturated heterocycles. The zero-order valence-corrected chi connectivity index (χ0v) is 11.6. The molecule has 0 aromatic carbocycles. The maximum Gasteiger partial charge on any atom is 0.0480 e. The molecule has 0 aromatic heterocycles. The second kappa shape index (κ2) is 5.08. The van der Waals surface area contributed by atoms with Crippen molar-refractivity contribution < 1.29 is 4.74 Å². The summed E-state index contributed by atoms with van der Waals surface area (Å²) in [5.41, 5.74) is 6.50. The van der Waals surface area contributed by atoms with E-state index in [9.17, 15) is 0 Å². The predicted octanol–water partition coefficient (Wildman–Crippen LogP) is 0.520. The summed E-state index contributed by atoms with van der Waals surface area (Å²) in [6.45, 7) is 6.46. The lowest BCUT2D eigenvalue weighted by molar-refractivity contribution is -0.0404. The van der Waals surface area contributed by atoms with E-state index in [1.54, 1.807) is 0 Å². The second-order valence-electron chi connectivity index (χ2n) is 6.30. The third-order valence-electron chi connectivity index (χ3n) is 5.69. The summed E-state index contributed by atoms with van der Waals surface area (Å²) in [6.07, 6.45) is 4.94. The van der Waals surface area contributed by atoms with Gasteiger partial charge in [0.1, 0.15) is 0 Å². The van der Waals surface area contributed by atoms with Crippen molar-refractivity contribution in [1.82, 2.24) is 9.80 Å². The number of nitrogens with two attached hydrogens (primary N) is 1. The van der Waals surface area contributed by atoms with Crippen LogP contribution < -0.4 is 5.73 Å². The first-order valence-corrected chi connectivity index (χ1v) is 7.49. The minimum atomic E-state index is 0.259. The van der Waals surface area contributed by atoms with Crippen molar-refractivity contribution in [3.8, 4) is 0 Å². The standard InChI is InChI=1S/C14H27N3O/c1-16(13-3-8-18-9-4-13)14(11-15)5-7-17-6-2-12(14)10-17/h12-13H,2-11,15H2,1H3. The third kappa shape index (κ3) is 1.99. The molecule has 2 bridgehead atoms. The van der Waals surface area contributed by atoms with E-state index >= 15 is 0 Å². The largest absolute Gasteiger partial charge is 0.381 e. The Bertz CT molecular complexity index is 293. The van der Waals surface area contributed by atoms with Crippen LogP contribution in [0.4, 0.5) is 0 Å². The summed E-state index contributed by atoms with van der Waals surface area (Å²) in [5, 5.41) is 0. The zero-order valence-electron chi connectivity index (χ0n) is 11.6. The van der Waals surface area contributed by atoms with Gasteiger partial charge in [-0.15, -0.1) is 0 Å². The minimum Gasteiger partial charge on any atom is -0.381 e. The molecule has 0 radical (unpaired) electrons. The van der Waals surface area contributed by atoms with Gasteiger partial charge in [-0.3, -0.25) is 4.90 Å². The number of likely N-dealkylation sites (N-methyl/N-ethyl adjacent to an activating group) is 1. The van der Waals surface area contributed by atoms with Crippen molar-refractivity contribution in [2.45, 2.75) is 37.3 Å². The van der Waals surface area contributed by atoms with Crippen molar-refractivity contribution in [3.63, 3.8) is 0 Å². The van der Waals surface area contributed by atoms with Crippen LogP contribution in [0.1, 0.15) is 25.7 Å². The highest BCUT2D eigenvalue weighted by Crippen LogP contribution is 2.40. The summed E-state index contributed by atoms with van der Waals surface area (Å²) in [5.74, 6) is 0.782. The molecule has 3 fully saturated rings. The normalized spacial score (nSPS) is 41.5. The van der Waals surface area contributed by atoms with Crippen LogP contribution in [0.5, 0.6) is 0 Å². The average Bonchev–Trinajstić information content (AvgIpc) is 2.84. The summed E-state index contributed by atoms with van der Waals surface area (Å²) in [7, 11) is 2.32. The van der Waals surface area contributed by atoms with Crippen LogP contribution >= 0.6 is 0 Å². The molecule has 0 spiro atoms. The maximum absolute atomic E-state index is 6.24. The fourth-order valence-electron chi connectivity index (χ4n) is 4.34. The average molecular weight is 253 g/mol. The van der Waals surface area contributed by atoms with E-state index in [0.29, 0.717) is 6.04 Å². The van der Waals surface area contributed by atoms with Crippen LogP contribution in [-0.2, 0) is 4.74 Å². The van der Waals surface area contributed by atoms with Gasteiger partial charge in [0, 0.05) is 37.9 Å². The monoisotopic (exact) mass is 253 g/mol. The molecule has 3 aliphatic heterocycles. The smallest absolute Gasteiger partial charge is 0.0480 e. The van der Waals surface area contributed by atoms with Crippen molar-refractivity contribution in [1.29, 1.82) is 0 Å². The van der Waals surface area contributed by atoms with E-state index < -0.39 is 0 Å². The van der Waals surface area contributed by atoms with Crippen LogP contribution in [0.25, 0.3) is 0 Å². The van der Waals surface area contributed by atoms with Gasteiger partial charge in [-0.05, 0) is 51.7 Å². The maximum atomic E-state index is 6.24. The lowest BCUT2D eigenvalue weighted by Crippen LogP contribution is -2.64.